The van der Waals surface area contributed by atoms with Crippen LogP contribution < -0.4 is 0 Å². The lowest BCUT2D eigenvalue weighted by molar-refractivity contribution is 0.0912. The molecule has 0 atom stereocenters. The number of likely N-dealkylation sites (tertiary alicyclic amines) is 1. The molecule has 1 aliphatic heterocycles. The molecule has 4 rings (SSSR count). The van der Waals surface area contributed by atoms with Gasteiger partial charge in [-0.2, -0.15) is 0 Å². The van der Waals surface area contributed by atoms with Crippen molar-refractivity contribution < 1.29 is 9.53 Å². The number of nitrogens with one attached hydrogen (secondary N) is 1. The quantitative estimate of drug-likeness (QED) is 0.402. The predicted molar refractivity (Wildman–Crippen MR) is 127 cm³/mol. The van der Waals surface area contributed by atoms with Gasteiger partial charge in [0.25, 0.3) is 0 Å². The van der Waals surface area contributed by atoms with E-state index in [1.807, 2.05) is 11.1 Å². The van der Waals surface area contributed by atoms with Gasteiger partial charge in [0.05, 0.1) is 18.5 Å². The number of carbonyl (C=O) groups excluding carboxylic acids is 1. The Morgan fingerprint density at radius 1 is 1.06 bits per heavy atom. The number of piperidine rings is 1. The molecular formula is C25H28BrN3O2. The van der Waals surface area contributed by atoms with Crippen molar-refractivity contribution in [3.05, 3.63) is 65.0 Å². The Hall–Kier alpha value is -2.60. The summed E-state index contributed by atoms with van der Waals surface area (Å²) in [5.74, 6) is 1.35. The molecule has 0 bridgehead atoms. The van der Waals surface area contributed by atoms with Crippen LogP contribution in [0.4, 0.5) is 4.79 Å². The maximum atomic E-state index is 12.1. The van der Waals surface area contributed by atoms with Crippen molar-refractivity contribution in [3.8, 4) is 22.4 Å². The van der Waals surface area contributed by atoms with Crippen molar-refractivity contribution in [2.24, 2.45) is 0 Å². The molecule has 6 heteroatoms. The zero-order valence-corrected chi connectivity index (χ0v) is 19.4. The molecule has 1 amide bonds. The minimum atomic E-state index is -0.183. The van der Waals surface area contributed by atoms with Crippen molar-refractivity contribution in [3.63, 3.8) is 0 Å². The molecule has 1 aliphatic rings. The highest BCUT2D eigenvalue weighted by Gasteiger charge is 2.26. The van der Waals surface area contributed by atoms with E-state index < -0.39 is 0 Å². The van der Waals surface area contributed by atoms with Crippen molar-refractivity contribution in [1.29, 1.82) is 0 Å². The monoisotopic (exact) mass is 481 g/mol. The SMILES string of the molecule is CCCCOC(=O)N1CCC(c2ncc(-c3ccc(-c4ccc(Br)cc4)cc3)[nH]2)CC1. The number of benzene rings is 2. The van der Waals surface area contributed by atoms with E-state index >= 15 is 0 Å². The number of rotatable bonds is 6. The number of carbonyl (C=O) groups is 1. The number of ether oxygens (including phenoxy) is 1. The highest BCUT2D eigenvalue weighted by atomic mass is 79.9. The second-order valence-corrected chi connectivity index (χ2v) is 8.91. The number of hydrogen-bond acceptors (Lipinski definition) is 3. The van der Waals surface area contributed by atoms with E-state index in [0.717, 1.165) is 47.2 Å². The lowest BCUT2D eigenvalue weighted by Crippen LogP contribution is -2.38. The van der Waals surface area contributed by atoms with E-state index in [-0.39, 0.29) is 6.09 Å². The van der Waals surface area contributed by atoms with Crippen LogP contribution in [0.3, 0.4) is 0 Å². The Labute approximate surface area is 192 Å². The summed E-state index contributed by atoms with van der Waals surface area (Å²) in [5, 5.41) is 0. The maximum absolute atomic E-state index is 12.1. The number of unbranched alkanes of at least 4 members (excludes halogenated alkanes) is 1. The average molecular weight is 482 g/mol. The van der Waals surface area contributed by atoms with Crippen molar-refractivity contribution in [1.82, 2.24) is 14.9 Å². The molecule has 1 fully saturated rings. The molecule has 2 heterocycles. The molecule has 0 unspecified atom stereocenters. The Kier molecular flexibility index (Phi) is 7.07. The molecule has 0 radical (unpaired) electrons. The van der Waals surface area contributed by atoms with Gasteiger partial charge in [-0.05, 0) is 48.1 Å². The Morgan fingerprint density at radius 2 is 1.68 bits per heavy atom. The number of H-pyrrole nitrogens is 1. The zero-order valence-electron chi connectivity index (χ0n) is 17.8. The molecule has 0 spiro atoms. The fourth-order valence-electron chi connectivity index (χ4n) is 3.91. The first-order valence-corrected chi connectivity index (χ1v) is 11.8. The number of aromatic nitrogens is 2. The van der Waals surface area contributed by atoms with Crippen LogP contribution in [0.25, 0.3) is 22.4 Å². The fraction of sp³-hybridized carbons (Fsp3) is 0.360. The number of amides is 1. The van der Waals surface area contributed by atoms with E-state index in [1.165, 1.54) is 11.1 Å². The number of hydrogen-bond donors (Lipinski definition) is 1. The number of nitrogens with zero attached hydrogens (tertiary/aromatic N) is 2. The summed E-state index contributed by atoms with van der Waals surface area (Å²) in [6, 6.07) is 16.9. The third-order valence-electron chi connectivity index (χ3n) is 5.83. The summed E-state index contributed by atoms with van der Waals surface area (Å²) >= 11 is 3.48. The van der Waals surface area contributed by atoms with E-state index in [0.29, 0.717) is 25.6 Å². The number of halogens is 1. The van der Waals surface area contributed by atoms with Gasteiger partial charge in [0.1, 0.15) is 5.82 Å². The van der Waals surface area contributed by atoms with Crippen LogP contribution in [0, 0.1) is 0 Å². The first-order valence-electron chi connectivity index (χ1n) is 11.0. The van der Waals surface area contributed by atoms with Gasteiger partial charge in [0.15, 0.2) is 0 Å². The summed E-state index contributed by atoms with van der Waals surface area (Å²) in [7, 11) is 0. The summed E-state index contributed by atoms with van der Waals surface area (Å²) in [6.07, 6.45) is 5.48. The van der Waals surface area contributed by atoms with Gasteiger partial charge in [0, 0.05) is 23.5 Å². The van der Waals surface area contributed by atoms with Crippen molar-refractivity contribution >= 4 is 22.0 Å². The molecule has 1 saturated heterocycles. The van der Waals surface area contributed by atoms with Crippen LogP contribution in [0.15, 0.2) is 59.2 Å². The van der Waals surface area contributed by atoms with E-state index in [4.69, 9.17) is 4.74 Å². The normalized spacial score (nSPS) is 14.6. The molecule has 2 aromatic carbocycles. The van der Waals surface area contributed by atoms with Crippen LogP contribution >= 0.6 is 15.9 Å². The zero-order chi connectivity index (χ0) is 21.6. The highest BCUT2D eigenvalue weighted by molar-refractivity contribution is 9.10. The topological polar surface area (TPSA) is 58.2 Å². The molecule has 1 aromatic heterocycles. The smallest absolute Gasteiger partial charge is 0.409 e. The van der Waals surface area contributed by atoms with E-state index in [1.54, 1.807) is 0 Å². The predicted octanol–water partition coefficient (Wildman–Crippen LogP) is 6.62. The van der Waals surface area contributed by atoms with Crippen molar-refractivity contribution in [2.45, 2.75) is 38.5 Å². The van der Waals surface area contributed by atoms with Crippen LogP contribution in [-0.4, -0.2) is 40.7 Å². The third kappa shape index (κ3) is 5.37. The molecular weight excluding hydrogens is 454 g/mol. The van der Waals surface area contributed by atoms with Gasteiger partial charge in [-0.15, -0.1) is 0 Å². The molecule has 162 valence electrons. The van der Waals surface area contributed by atoms with Crippen LogP contribution in [0.5, 0.6) is 0 Å². The molecule has 3 aromatic rings. The maximum Gasteiger partial charge on any atom is 0.409 e. The molecule has 5 nitrogen and oxygen atoms in total. The van der Waals surface area contributed by atoms with Crippen LogP contribution in [-0.2, 0) is 4.74 Å². The fourth-order valence-corrected chi connectivity index (χ4v) is 4.17. The summed E-state index contributed by atoms with van der Waals surface area (Å²) < 4.78 is 6.41. The molecule has 31 heavy (non-hydrogen) atoms. The van der Waals surface area contributed by atoms with Gasteiger partial charge in [-0.3, -0.25) is 0 Å². The summed E-state index contributed by atoms with van der Waals surface area (Å²) in [4.78, 5) is 22.1. The second kappa shape index (κ2) is 10.1. The molecule has 1 N–H and O–H groups in total. The standard InChI is InChI=1S/C25H28BrN3O2/c1-2-3-16-31-25(30)29-14-12-21(13-15-29)24-27-17-23(28-24)20-6-4-18(5-7-20)19-8-10-22(26)11-9-19/h4-11,17,21H,2-3,12-16H2,1H3,(H,27,28). The highest BCUT2D eigenvalue weighted by Crippen LogP contribution is 2.29. The average Bonchev–Trinajstić information content (AvgIpc) is 3.30. The van der Waals surface area contributed by atoms with E-state index in [9.17, 15) is 4.79 Å². The van der Waals surface area contributed by atoms with Gasteiger partial charge in [-0.25, -0.2) is 9.78 Å². The Balaban J connectivity index is 1.35. The first-order chi connectivity index (χ1) is 15.1. The van der Waals surface area contributed by atoms with Gasteiger partial charge in [-0.1, -0.05) is 65.7 Å². The summed E-state index contributed by atoms with van der Waals surface area (Å²) in [6.45, 7) is 4.03. The minimum Gasteiger partial charge on any atom is -0.449 e. The Bertz CT molecular complexity index is 990. The van der Waals surface area contributed by atoms with Crippen molar-refractivity contribution in [2.75, 3.05) is 19.7 Å². The Morgan fingerprint density at radius 3 is 2.32 bits per heavy atom. The third-order valence-corrected chi connectivity index (χ3v) is 6.36. The second-order valence-electron chi connectivity index (χ2n) is 8.00. The molecule has 0 saturated carbocycles. The number of aromatic amines is 1. The largest absolute Gasteiger partial charge is 0.449 e. The van der Waals surface area contributed by atoms with Crippen LogP contribution in [0.2, 0.25) is 0 Å². The van der Waals surface area contributed by atoms with Gasteiger partial charge >= 0.3 is 6.09 Å². The number of imidazole rings is 1. The van der Waals surface area contributed by atoms with Gasteiger partial charge in [0.2, 0.25) is 0 Å². The van der Waals surface area contributed by atoms with Gasteiger partial charge < -0.3 is 14.6 Å². The minimum absolute atomic E-state index is 0.183. The lowest BCUT2D eigenvalue weighted by Gasteiger charge is -2.30. The molecule has 0 aliphatic carbocycles. The first kappa shape index (κ1) is 21.6. The lowest BCUT2D eigenvalue weighted by atomic mass is 9.96. The van der Waals surface area contributed by atoms with Crippen LogP contribution in [0.1, 0.15) is 44.3 Å². The van der Waals surface area contributed by atoms with E-state index in [2.05, 4.69) is 81.4 Å². The summed E-state index contributed by atoms with van der Waals surface area (Å²) in [5.41, 5.74) is 4.53.